The van der Waals surface area contributed by atoms with Crippen LogP contribution < -0.4 is 5.73 Å². The molecular weight excluding hydrogens is 262 g/mol. The van der Waals surface area contributed by atoms with Crippen molar-refractivity contribution in [1.82, 2.24) is 19.7 Å². The number of benzene rings is 1. The molecule has 2 aromatic heterocycles. The van der Waals surface area contributed by atoms with Gasteiger partial charge in [-0.1, -0.05) is 24.3 Å². The summed E-state index contributed by atoms with van der Waals surface area (Å²) < 4.78 is 1.59. The van der Waals surface area contributed by atoms with Crippen molar-refractivity contribution < 1.29 is 0 Å². The van der Waals surface area contributed by atoms with Crippen LogP contribution in [-0.2, 0) is 0 Å². The Morgan fingerprint density at radius 3 is 2.29 bits per heavy atom. The van der Waals surface area contributed by atoms with E-state index in [1.807, 2.05) is 44.2 Å². The van der Waals surface area contributed by atoms with Gasteiger partial charge in [-0.05, 0) is 32.4 Å². The second-order valence-corrected chi connectivity index (χ2v) is 5.13. The maximum absolute atomic E-state index is 6.08. The molecule has 0 spiro atoms. The molecule has 3 rings (SSSR count). The lowest BCUT2D eigenvalue weighted by Gasteiger charge is -2.04. The first-order chi connectivity index (χ1) is 10.0. The highest BCUT2D eigenvalue weighted by Crippen LogP contribution is 2.24. The number of nitrogens with two attached hydrogens (primary N) is 1. The van der Waals surface area contributed by atoms with Crippen LogP contribution in [0.4, 0.5) is 5.82 Å². The first-order valence-corrected chi connectivity index (χ1v) is 6.79. The molecule has 0 saturated heterocycles. The molecule has 1 aromatic carbocycles. The summed E-state index contributed by atoms with van der Waals surface area (Å²) >= 11 is 0. The van der Waals surface area contributed by atoms with Gasteiger partial charge in [0.15, 0.2) is 0 Å². The third kappa shape index (κ3) is 2.50. The summed E-state index contributed by atoms with van der Waals surface area (Å²) in [7, 11) is 0. The van der Waals surface area contributed by atoms with Gasteiger partial charge in [0.25, 0.3) is 5.95 Å². The zero-order valence-corrected chi connectivity index (χ0v) is 12.3. The molecule has 0 fully saturated rings. The van der Waals surface area contributed by atoms with Crippen molar-refractivity contribution in [2.75, 3.05) is 5.73 Å². The van der Waals surface area contributed by atoms with Crippen LogP contribution in [0.25, 0.3) is 17.2 Å². The fourth-order valence-electron chi connectivity index (χ4n) is 2.35. The molecule has 0 saturated carbocycles. The van der Waals surface area contributed by atoms with Gasteiger partial charge in [-0.15, -0.1) is 0 Å². The lowest BCUT2D eigenvalue weighted by Crippen LogP contribution is -2.08. The highest BCUT2D eigenvalue weighted by Gasteiger charge is 2.12. The Kier molecular flexibility index (Phi) is 3.17. The van der Waals surface area contributed by atoms with Crippen molar-refractivity contribution in [3.05, 3.63) is 53.3 Å². The number of anilines is 1. The Bertz CT molecular complexity index is 784. The van der Waals surface area contributed by atoms with Crippen LogP contribution in [0.15, 0.2) is 36.4 Å². The van der Waals surface area contributed by atoms with Crippen molar-refractivity contribution in [3.63, 3.8) is 0 Å². The third-order valence-electron chi connectivity index (χ3n) is 3.32. The number of rotatable bonds is 2. The fourth-order valence-corrected chi connectivity index (χ4v) is 2.35. The summed E-state index contributed by atoms with van der Waals surface area (Å²) in [5, 5.41) is 4.56. The molecule has 106 valence electrons. The highest BCUT2D eigenvalue weighted by atomic mass is 15.4. The molecule has 0 aliphatic heterocycles. The fraction of sp³-hybridized carbons (Fsp3) is 0.188. The van der Waals surface area contributed by atoms with Gasteiger partial charge in [-0.3, -0.25) is 0 Å². The number of hydrogen-bond donors (Lipinski definition) is 1. The van der Waals surface area contributed by atoms with E-state index in [0.717, 1.165) is 28.2 Å². The van der Waals surface area contributed by atoms with E-state index in [1.165, 1.54) is 0 Å². The Hall–Kier alpha value is -2.69. The predicted molar refractivity (Wildman–Crippen MR) is 83.2 cm³/mol. The van der Waals surface area contributed by atoms with Crippen molar-refractivity contribution in [2.24, 2.45) is 0 Å². The van der Waals surface area contributed by atoms with Gasteiger partial charge >= 0.3 is 0 Å². The van der Waals surface area contributed by atoms with Crippen LogP contribution in [0.5, 0.6) is 0 Å². The smallest absolute Gasteiger partial charge is 0.252 e. The van der Waals surface area contributed by atoms with E-state index in [9.17, 15) is 0 Å². The summed E-state index contributed by atoms with van der Waals surface area (Å²) in [6.07, 6.45) is 0. The Morgan fingerprint density at radius 2 is 1.62 bits per heavy atom. The van der Waals surface area contributed by atoms with E-state index in [4.69, 9.17) is 5.73 Å². The lowest BCUT2D eigenvalue weighted by molar-refractivity contribution is 0.805. The zero-order chi connectivity index (χ0) is 15.0. The second-order valence-electron chi connectivity index (χ2n) is 5.13. The third-order valence-corrected chi connectivity index (χ3v) is 3.32. The minimum Gasteiger partial charge on any atom is -0.383 e. The summed E-state index contributed by atoms with van der Waals surface area (Å²) in [5.74, 6) is 1.03. The molecular formula is C16H17N5. The first kappa shape index (κ1) is 13.3. The van der Waals surface area contributed by atoms with Gasteiger partial charge in [-0.2, -0.15) is 9.78 Å². The standard InChI is InChI=1S/C16H17N5/c1-10-6-4-5-7-13(10)14-9-15(17)21(20-14)16-18-11(2)8-12(3)19-16/h4-9H,17H2,1-3H3. The molecule has 0 aliphatic rings. The maximum Gasteiger partial charge on any atom is 0.252 e. The monoisotopic (exact) mass is 279 g/mol. The van der Waals surface area contributed by atoms with Gasteiger partial charge in [0.2, 0.25) is 0 Å². The highest BCUT2D eigenvalue weighted by molar-refractivity contribution is 5.66. The zero-order valence-electron chi connectivity index (χ0n) is 12.3. The van der Waals surface area contributed by atoms with Gasteiger partial charge in [0.05, 0.1) is 5.69 Å². The number of aromatic nitrogens is 4. The van der Waals surface area contributed by atoms with E-state index in [1.54, 1.807) is 4.68 Å². The molecule has 2 heterocycles. The molecule has 0 unspecified atom stereocenters. The Balaban J connectivity index is 2.12. The van der Waals surface area contributed by atoms with Crippen LogP contribution >= 0.6 is 0 Å². The van der Waals surface area contributed by atoms with E-state index in [2.05, 4.69) is 28.1 Å². The molecule has 21 heavy (non-hydrogen) atoms. The average molecular weight is 279 g/mol. The topological polar surface area (TPSA) is 69.6 Å². The van der Waals surface area contributed by atoms with E-state index < -0.39 is 0 Å². The van der Waals surface area contributed by atoms with Crippen molar-refractivity contribution >= 4 is 5.82 Å². The van der Waals surface area contributed by atoms with Crippen LogP contribution in [0.3, 0.4) is 0 Å². The Labute approximate surface area is 123 Å². The molecule has 0 bridgehead atoms. The number of nitrogen functional groups attached to an aromatic ring is 1. The van der Waals surface area contributed by atoms with Gasteiger partial charge in [-0.25, -0.2) is 9.97 Å². The SMILES string of the molecule is Cc1cc(C)nc(-n2nc(-c3ccccc3C)cc2N)n1. The van der Waals surface area contributed by atoms with E-state index >= 15 is 0 Å². The predicted octanol–water partition coefficient (Wildman–Crippen LogP) is 2.84. The molecule has 0 radical (unpaired) electrons. The van der Waals surface area contributed by atoms with Gasteiger partial charge in [0.1, 0.15) is 5.82 Å². The normalized spacial score (nSPS) is 10.8. The minimum absolute atomic E-state index is 0.504. The molecule has 2 N–H and O–H groups in total. The molecule has 5 nitrogen and oxygen atoms in total. The quantitative estimate of drug-likeness (QED) is 0.783. The van der Waals surface area contributed by atoms with Crippen LogP contribution in [0.1, 0.15) is 17.0 Å². The Morgan fingerprint density at radius 1 is 0.952 bits per heavy atom. The van der Waals surface area contributed by atoms with Gasteiger partial charge < -0.3 is 5.73 Å². The first-order valence-electron chi connectivity index (χ1n) is 6.79. The van der Waals surface area contributed by atoms with Crippen molar-refractivity contribution in [2.45, 2.75) is 20.8 Å². The summed E-state index contributed by atoms with van der Waals surface area (Å²) in [6, 6.07) is 11.9. The minimum atomic E-state index is 0.504. The molecule has 0 atom stereocenters. The average Bonchev–Trinajstić information content (AvgIpc) is 2.80. The second kappa shape index (κ2) is 5.01. The lowest BCUT2D eigenvalue weighted by atomic mass is 10.1. The van der Waals surface area contributed by atoms with Crippen molar-refractivity contribution in [3.8, 4) is 17.2 Å². The molecule has 0 amide bonds. The summed E-state index contributed by atoms with van der Waals surface area (Å²) in [5.41, 5.74) is 10.9. The maximum atomic E-state index is 6.08. The summed E-state index contributed by atoms with van der Waals surface area (Å²) in [4.78, 5) is 8.81. The van der Waals surface area contributed by atoms with Crippen molar-refractivity contribution in [1.29, 1.82) is 0 Å². The summed E-state index contributed by atoms with van der Waals surface area (Å²) in [6.45, 7) is 5.91. The molecule has 5 heteroatoms. The largest absolute Gasteiger partial charge is 0.383 e. The molecule has 3 aromatic rings. The number of nitrogens with zero attached hydrogens (tertiary/aromatic N) is 4. The molecule has 0 aliphatic carbocycles. The van der Waals surface area contributed by atoms with Crippen LogP contribution in [0, 0.1) is 20.8 Å². The van der Waals surface area contributed by atoms with Crippen LogP contribution in [-0.4, -0.2) is 19.7 Å². The number of aryl methyl sites for hydroxylation is 3. The number of hydrogen-bond acceptors (Lipinski definition) is 4. The van der Waals surface area contributed by atoms with E-state index in [-0.39, 0.29) is 0 Å². The van der Waals surface area contributed by atoms with E-state index in [0.29, 0.717) is 11.8 Å². The van der Waals surface area contributed by atoms with Gasteiger partial charge in [0, 0.05) is 23.0 Å². The van der Waals surface area contributed by atoms with Crippen LogP contribution in [0.2, 0.25) is 0 Å².